The Morgan fingerprint density at radius 3 is 2.40 bits per heavy atom. The van der Waals surface area contributed by atoms with E-state index in [1.807, 2.05) is 0 Å². The summed E-state index contributed by atoms with van der Waals surface area (Å²) in [6.07, 6.45) is 0.789. The highest BCUT2D eigenvalue weighted by Crippen LogP contribution is 2.17. The van der Waals surface area contributed by atoms with E-state index in [0.717, 1.165) is 0 Å². The zero-order chi connectivity index (χ0) is 21.9. The summed E-state index contributed by atoms with van der Waals surface area (Å²) in [5.41, 5.74) is 1.10. The van der Waals surface area contributed by atoms with Gasteiger partial charge in [0.1, 0.15) is 11.5 Å². The molecule has 0 saturated carbocycles. The topological polar surface area (TPSA) is 94.2 Å². The van der Waals surface area contributed by atoms with Gasteiger partial charge in [-0.25, -0.2) is 0 Å². The minimum atomic E-state index is -0.311. The van der Waals surface area contributed by atoms with Gasteiger partial charge in [0.25, 0.3) is 11.8 Å². The molecule has 0 bridgehead atoms. The zero-order valence-corrected chi connectivity index (χ0v) is 17.3. The van der Waals surface area contributed by atoms with Crippen LogP contribution in [-0.4, -0.2) is 57.1 Å². The smallest absolute Gasteiger partial charge is 0.305 e. The van der Waals surface area contributed by atoms with Crippen LogP contribution >= 0.6 is 0 Å². The van der Waals surface area contributed by atoms with Gasteiger partial charge in [-0.2, -0.15) is 0 Å². The fraction of sp³-hybridized carbons (Fsp3) is 0.318. The number of ether oxygens (including phenoxy) is 3. The van der Waals surface area contributed by atoms with E-state index in [9.17, 15) is 14.4 Å². The molecule has 0 aliphatic carbocycles. The normalized spacial score (nSPS) is 10.1. The van der Waals surface area contributed by atoms with Crippen LogP contribution in [0.3, 0.4) is 0 Å². The van der Waals surface area contributed by atoms with Crippen LogP contribution in [0.5, 0.6) is 11.5 Å². The molecule has 0 spiro atoms. The van der Waals surface area contributed by atoms with Gasteiger partial charge < -0.3 is 24.4 Å². The first-order valence-corrected chi connectivity index (χ1v) is 9.42. The number of rotatable bonds is 10. The highest BCUT2D eigenvalue weighted by Gasteiger charge is 2.13. The monoisotopic (exact) mass is 414 g/mol. The van der Waals surface area contributed by atoms with Crippen LogP contribution < -0.4 is 14.8 Å². The van der Waals surface area contributed by atoms with Crippen LogP contribution in [0, 0.1) is 0 Å². The van der Waals surface area contributed by atoms with Gasteiger partial charge in [-0.05, 0) is 42.8 Å². The van der Waals surface area contributed by atoms with E-state index in [4.69, 9.17) is 9.47 Å². The predicted molar refractivity (Wildman–Crippen MR) is 112 cm³/mol. The van der Waals surface area contributed by atoms with Gasteiger partial charge in [0.15, 0.2) is 6.61 Å². The van der Waals surface area contributed by atoms with E-state index in [-0.39, 0.29) is 30.8 Å². The first-order valence-electron chi connectivity index (χ1n) is 9.42. The number of nitrogens with zero attached hydrogens (tertiary/aromatic N) is 1. The van der Waals surface area contributed by atoms with Crippen molar-refractivity contribution in [3.63, 3.8) is 0 Å². The summed E-state index contributed by atoms with van der Waals surface area (Å²) in [7, 11) is 4.56. The largest absolute Gasteiger partial charge is 0.497 e. The third kappa shape index (κ3) is 7.12. The lowest BCUT2D eigenvalue weighted by Gasteiger charge is -2.17. The molecule has 2 rings (SSSR count). The van der Waals surface area contributed by atoms with E-state index >= 15 is 0 Å². The summed E-state index contributed by atoms with van der Waals surface area (Å²) in [6.45, 7) is 0.272. The number of hydrogen-bond acceptors (Lipinski definition) is 6. The number of anilines is 1. The lowest BCUT2D eigenvalue weighted by atomic mass is 10.2. The quantitative estimate of drug-likeness (QED) is 0.601. The molecule has 0 atom stereocenters. The Labute approximate surface area is 175 Å². The Hall–Kier alpha value is -3.55. The van der Waals surface area contributed by atoms with Crippen molar-refractivity contribution in [3.05, 3.63) is 54.1 Å². The van der Waals surface area contributed by atoms with Gasteiger partial charge in [0.2, 0.25) is 0 Å². The summed E-state index contributed by atoms with van der Waals surface area (Å²) >= 11 is 0. The number of methoxy groups -OCH3 is 2. The molecular formula is C22H26N2O6. The summed E-state index contributed by atoms with van der Waals surface area (Å²) in [5.74, 6) is 0.341. The number of amides is 2. The molecule has 8 nitrogen and oxygen atoms in total. The van der Waals surface area contributed by atoms with Crippen molar-refractivity contribution >= 4 is 23.5 Å². The molecule has 0 aliphatic heterocycles. The second kappa shape index (κ2) is 11.5. The Bertz CT molecular complexity index is 866. The van der Waals surface area contributed by atoms with Crippen molar-refractivity contribution in [2.75, 3.05) is 39.7 Å². The molecule has 1 N–H and O–H groups in total. The Kier molecular flexibility index (Phi) is 8.68. The van der Waals surface area contributed by atoms with E-state index < -0.39 is 0 Å². The number of hydrogen-bond donors (Lipinski definition) is 1. The number of esters is 1. The van der Waals surface area contributed by atoms with Gasteiger partial charge in [-0.3, -0.25) is 14.4 Å². The van der Waals surface area contributed by atoms with E-state index in [1.165, 1.54) is 7.11 Å². The van der Waals surface area contributed by atoms with E-state index in [1.54, 1.807) is 67.6 Å². The van der Waals surface area contributed by atoms with Crippen LogP contribution in [0.25, 0.3) is 0 Å². The summed E-state index contributed by atoms with van der Waals surface area (Å²) in [5, 5.41) is 2.73. The molecule has 0 unspecified atom stereocenters. The Morgan fingerprint density at radius 2 is 1.73 bits per heavy atom. The highest BCUT2D eigenvalue weighted by atomic mass is 16.5. The van der Waals surface area contributed by atoms with Gasteiger partial charge in [0.05, 0.1) is 14.2 Å². The van der Waals surface area contributed by atoms with Gasteiger partial charge in [-0.15, -0.1) is 0 Å². The molecular weight excluding hydrogens is 388 g/mol. The zero-order valence-electron chi connectivity index (χ0n) is 17.3. The maximum Gasteiger partial charge on any atom is 0.305 e. The van der Waals surface area contributed by atoms with E-state index in [0.29, 0.717) is 35.7 Å². The predicted octanol–water partition coefficient (Wildman–Crippen LogP) is 2.74. The van der Waals surface area contributed by atoms with E-state index in [2.05, 4.69) is 10.1 Å². The first-order chi connectivity index (χ1) is 14.4. The number of benzene rings is 2. The molecule has 2 aromatic carbocycles. The molecule has 0 aromatic heterocycles. The Balaban J connectivity index is 1.81. The van der Waals surface area contributed by atoms with Crippen LogP contribution in [0.1, 0.15) is 23.2 Å². The molecule has 0 aliphatic rings. The lowest BCUT2D eigenvalue weighted by Crippen LogP contribution is -2.28. The second-order valence-electron chi connectivity index (χ2n) is 6.50. The fourth-order valence-electron chi connectivity index (χ4n) is 2.63. The van der Waals surface area contributed by atoms with Gasteiger partial charge in [-0.1, -0.05) is 6.07 Å². The number of carbonyl (C=O) groups excluding carboxylic acids is 3. The molecule has 0 heterocycles. The van der Waals surface area contributed by atoms with Crippen molar-refractivity contribution in [2.24, 2.45) is 0 Å². The van der Waals surface area contributed by atoms with Crippen molar-refractivity contribution in [3.8, 4) is 11.5 Å². The van der Waals surface area contributed by atoms with Gasteiger partial charge >= 0.3 is 5.97 Å². The second-order valence-corrected chi connectivity index (χ2v) is 6.50. The standard InChI is InChI=1S/C22H26N2O6/c1-24(13-5-8-21(26)29-3)22(27)16-9-11-18(12-10-16)30-15-20(25)23-17-6-4-7-19(14-17)28-2/h4,6-7,9-12,14H,5,8,13,15H2,1-3H3,(H,23,25). The van der Waals surface area contributed by atoms with Crippen LogP contribution in [0.2, 0.25) is 0 Å². The summed E-state index contributed by atoms with van der Waals surface area (Å²) in [4.78, 5) is 37.1. The molecule has 0 radical (unpaired) electrons. The fourth-order valence-corrected chi connectivity index (χ4v) is 2.63. The minimum Gasteiger partial charge on any atom is -0.497 e. The molecule has 2 amide bonds. The van der Waals surface area contributed by atoms with Gasteiger partial charge in [0, 0.05) is 37.3 Å². The molecule has 8 heteroatoms. The number of carbonyl (C=O) groups is 3. The SMILES string of the molecule is COC(=O)CCCN(C)C(=O)c1ccc(OCC(=O)Nc2cccc(OC)c2)cc1. The maximum atomic E-state index is 12.4. The Morgan fingerprint density at radius 1 is 1.00 bits per heavy atom. The third-order valence-corrected chi connectivity index (χ3v) is 4.27. The molecule has 0 fully saturated rings. The van der Waals surface area contributed by atoms with Crippen molar-refractivity contribution < 1.29 is 28.6 Å². The van der Waals surface area contributed by atoms with Crippen LogP contribution in [0.4, 0.5) is 5.69 Å². The maximum absolute atomic E-state index is 12.4. The van der Waals surface area contributed by atoms with Crippen molar-refractivity contribution in [1.29, 1.82) is 0 Å². The average molecular weight is 414 g/mol. The molecule has 2 aromatic rings. The van der Waals surface area contributed by atoms with Crippen LogP contribution in [-0.2, 0) is 14.3 Å². The summed E-state index contributed by atoms with van der Waals surface area (Å²) in [6, 6.07) is 13.6. The molecule has 0 saturated heterocycles. The minimum absolute atomic E-state index is 0.165. The van der Waals surface area contributed by atoms with Crippen molar-refractivity contribution in [2.45, 2.75) is 12.8 Å². The third-order valence-electron chi connectivity index (χ3n) is 4.27. The molecule has 160 valence electrons. The summed E-state index contributed by atoms with van der Waals surface area (Å²) < 4.78 is 15.2. The lowest BCUT2D eigenvalue weighted by molar-refractivity contribution is -0.140. The van der Waals surface area contributed by atoms with Crippen LogP contribution in [0.15, 0.2) is 48.5 Å². The number of nitrogens with one attached hydrogen (secondary N) is 1. The van der Waals surface area contributed by atoms with Crippen molar-refractivity contribution in [1.82, 2.24) is 4.90 Å². The first kappa shape index (κ1) is 22.7. The average Bonchev–Trinajstić information content (AvgIpc) is 2.77. The highest BCUT2D eigenvalue weighted by molar-refractivity contribution is 5.94. The molecule has 30 heavy (non-hydrogen) atoms.